The molecule has 1 rings (SSSR count). The fourth-order valence-corrected chi connectivity index (χ4v) is 4.96. The zero-order chi connectivity index (χ0) is 42.4. The average Bonchev–Trinajstić information content (AvgIpc) is 3.10. The molecule has 0 radical (unpaired) electrons. The number of thiol groups is 1. The van der Waals surface area contributed by atoms with E-state index in [1.54, 1.807) is 19.1 Å². The van der Waals surface area contributed by atoms with Crippen LogP contribution >= 0.6 is 12.6 Å². The topological polar surface area (TPSA) is 356 Å². The Bertz CT molecular complexity index is 1580. The third kappa shape index (κ3) is 20.4. The predicted molar refractivity (Wildman–Crippen MR) is 195 cm³/mol. The number of unbranched alkanes of at least 4 members (excludes halogenated alkanes) is 1. The lowest BCUT2D eigenvalue weighted by atomic mass is 10.1. The van der Waals surface area contributed by atoms with Crippen molar-refractivity contribution in [2.75, 3.05) is 12.3 Å². The van der Waals surface area contributed by atoms with Gasteiger partial charge in [0.15, 0.2) is 0 Å². The Hall–Kier alpha value is -6.13. The molecule has 1 aromatic rings. The van der Waals surface area contributed by atoms with E-state index in [9.17, 15) is 63.3 Å². The van der Waals surface area contributed by atoms with E-state index in [-0.39, 0.29) is 44.5 Å². The number of carbonyl (C=O) groups is 10. The van der Waals surface area contributed by atoms with Crippen LogP contribution in [-0.2, 0) is 51.3 Å². The van der Waals surface area contributed by atoms with E-state index in [0.29, 0.717) is 24.0 Å². The number of carbonyl (C=O) groups excluding carboxylic acids is 5. The summed E-state index contributed by atoms with van der Waals surface area (Å²) < 4.78 is 0. The summed E-state index contributed by atoms with van der Waals surface area (Å²) in [5.74, 6) is -10.3. The maximum Gasteiger partial charge on any atom is 0.327 e. The van der Waals surface area contributed by atoms with Gasteiger partial charge >= 0.3 is 41.9 Å². The van der Waals surface area contributed by atoms with Gasteiger partial charge in [0, 0.05) is 31.3 Å². The van der Waals surface area contributed by atoms with E-state index in [2.05, 4.69) is 39.2 Å². The SMILES string of the molecule is C[C@H](CCC(=O)O)NC(=O)N[C@@H](CCCCNC(=O)NCc1ccc(CC(=O)N[C@H](CC(=O)O)C(=O)N[C@H](CC(=O)O)C(=O)N[C@@H](CS)C(=O)O)cc1)C(=O)O. The Labute approximate surface area is 325 Å². The molecule has 0 aromatic heterocycles. The lowest BCUT2D eigenvalue weighted by Gasteiger charge is -2.22. The molecule has 0 unspecified atom stereocenters. The van der Waals surface area contributed by atoms with Crippen molar-refractivity contribution in [1.29, 1.82) is 0 Å². The van der Waals surface area contributed by atoms with Crippen LogP contribution in [0.1, 0.15) is 63.0 Å². The molecule has 0 saturated heterocycles. The van der Waals surface area contributed by atoms with E-state index < -0.39 is 103 Å². The van der Waals surface area contributed by atoms with Crippen LogP contribution in [0.15, 0.2) is 24.3 Å². The van der Waals surface area contributed by atoms with Gasteiger partial charge in [-0.2, -0.15) is 12.6 Å². The highest BCUT2D eigenvalue weighted by molar-refractivity contribution is 7.80. The van der Waals surface area contributed by atoms with Crippen molar-refractivity contribution in [1.82, 2.24) is 37.2 Å². The predicted octanol–water partition coefficient (Wildman–Crippen LogP) is -1.38. The number of hydrogen-bond donors (Lipinski definition) is 13. The molecule has 12 N–H and O–H groups in total. The highest BCUT2D eigenvalue weighted by atomic mass is 32.1. The van der Waals surface area contributed by atoms with Crippen molar-refractivity contribution >= 4 is 72.3 Å². The third-order valence-corrected chi connectivity index (χ3v) is 8.02. The van der Waals surface area contributed by atoms with Crippen LogP contribution in [-0.4, -0.2) is 128 Å². The summed E-state index contributed by atoms with van der Waals surface area (Å²) in [4.78, 5) is 119. The van der Waals surface area contributed by atoms with E-state index in [0.717, 1.165) is 0 Å². The lowest BCUT2D eigenvalue weighted by molar-refractivity contribution is -0.144. The van der Waals surface area contributed by atoms with Crippen LogP contribution in [0.5, 0.6) is 0 Å². The molecule has 23 heteroatoms. The first-order valence-corrected chi connectivity index (χ1v) is 17.7. The number of nitrogens with one attached hydrogen (secondary N) is 7. The largest absolute Gasteiger partial charge is 0.481 e. The molecule has 56 heavy (non-hydrogen) atoms. The van der Waals surface area contributed by atoms with Crippen molar-refractivity contribution in [2.24, 2.45) is 0 Å². The number of hydrogen-bond acceptors (Lipinski definition) is 11. The molecule has 1 aromatic carbocycles. The van der Waals surface area contributed by atoms with E-state index >= 15 is 0 Å². The van der Waals surface area contributed by atoms with Crippen molar-refractivity contribution in [2.45, 2.75) is 95.0 Å². The number of carboxylic acids is 5. The summed E-state index contributed by atoms with van der Waals surface area (Å²) >= 11 is 3.79. The van der Waals surface area contributed by atoms with Crippen molar-refractivity contribution in [3.8, 4) is 0 Å². The zero-order valence-electron chi connectivity index (χ0n) is 30.2. The van der Waals surface area contributed by atoms with Gasteiger partial charge < -0.3 is 62.8 Å². The Balaban J connectivity index is 2.60. The number of benzene rings is 1. The van der Waals surface area contributed by atoms with Crippen molar-refractivity contribution in [3.05, 3.63) is 35.4 Å². The molecule has 0 saturated carbocycles. The quantitative estimate of drug-likeness (QED) is 0.0379. The summed E-state index contributed by atoms with van der Waals surface area (Å²) in [5, 5.41) is 62.1. The molecule has 0 bridgehead atoms. The molecular formula is C33H47N7O15S. The number of carboxylic acid groups (broad SMARTS) is 5. The highest BCUT2D eigenvalue weighted by Crippen LogP contribution is 2.07. The molecule has 0 aliphatic carbocycles. The highest BCUT2D eigenvalue weighted by Gasteiger charge is 2.31. The first-order valence-electron chi connectivity index (χ1n) is 17.1. The summed E-state index contributed by atoms with van der Waals surface area (Å²) in [6.07, 6.45) is -1.42. The summed E-state index contributed by atoms with van der Waals surface area (Å²) in [6.45, 7) is 1.86. The molecule has 22 nitrogen and oxygen atoms in total. The first-order chi connectivity index (χ1) is 26.3. The molecule has 7 amide bonds. The van der Waals surface area contributed by atoms with Gasteiger partial charge in [0.2, 0.25) is 17.7 Å². The zero-order valence-corrected chi connectivity index (χ0v) is 31.1. The van der Waals surface area contributed by atoms with Gasteiger partial charge in [0.1, 0.15) is 24.2 Å². The minimum atomic E-state index is -1.81. The number of rotatable bonds is 26. The fraction of sp³-hybridized carbons (Fsp3) is 0.515. The molecule has 0 spiro atoms. The lowest BCUT2D eigenvalue weighted by Crippen LogP contribution is -2.57. The molecule has 0 aliphatic rings. The van der Waals surface area contributed by atoms with Gasteiger partial charge in [-0.05, 0) is 43.7 Å². The van der Waals surface area contributed by atoms with Gasteiger partial charge in [0.25, 0.3) is 0 Å². The van der Waals surface area contributed by atoms with Gasteiger partial charge in [-0.1, -0.05) is 24.3 Å². The van der Waals surface area contributed by atoms with Crippen LogP contribution in [0.25, 0.3) is 0 Å². The van der Waals surface area contributed by atoms with Crippen LogP contribution in [0.3, 0.4) is 0 Å². The maximum atomic E-state index is 12.9. The van der Waals surface area contributed by atoms with Gasteiger partial charge in [-0.3, -0.25) is 28.8 Å². The van der Waals surface area contributed by atoms with Gasteiger partial charge in [-0.15, -0.1) is 0 Å². The van der Waals surface area contributed by atoms with E-state index in [1.807, 2.05) is 10.6 Å². The normalized spacial score (nSPS) is 13.2. The summed E-state index contributed by atoms with van der Waals surface area (Å²) in [5.41, 5.74) is 1.06. The van der Waals surface area contributed by atoms with E-state index in [4.69, 9.17) is 10.2 Å². The Morgan fingerprint density at radius 2 is 1.12 bits per heavy atom. The molecule has 0 heterocycles. The fourth-order valence-electron chi connectivity index (χ4n) is 4.72. The molecule has 0 aliphatic heterocycles. The first kappa shape index (κ1) is 47.9. The average molecular weight is 814 g/mol. The van der Waals surface area contributed by atoms with Gasteiger partial charge in [-0.25, -0.2) is 19.2 Å². The number of urea groups is 2. The maximum absolute atomic E-state index is 12.9. The van der Waals surface area contributed by atoms with Gasteiger partial charge in [0.05, 0.1) is 19.3 Å². The minimum absolute atomic E-state index is 0.0762. The summed E-state index contributed by atoms with van der Waals surface area (Å²) in [7, 11) is 0. The number of aliphatic carboxylic acids is 5. The monoisotopic (exact) mass is 813 g/mol. The molecule has 0 fully saturated rings. The van der Waals surface area contributed by atoms with Crippen LogP contribution in [0.4, 0.5) is 9.59 Å². The third-order valence-electron chi connectivity index (χ3n) is 7.66. The standard InChI is InChI=1S/C33H47N7O15S/c1-17(5-10-25(42)43)36-33(55)40-20(30(50)51)4-2-3-11-34-32(54)35-15-19-8-6-18(7-9-19)12-24(41)37-21(13-26(44)45)28(48)38-22(14-27(46)47)29(49)39-23(16-56)31(52)53/h6-9,17,20-23,56H,2-5,10-16H2,1H3,(H,37,41)(H,38,48)(H,39,49)(H,42,43)(H,44,45)(H,46,47)(H,50,51)(H,52,53)(H2,34,35,54)(H2,36,40,55)/t17-,20+,21-,22-,23+/m1/s1. The van der Waals surface area contributed by atoms with Crippen molar-refractivity contribution in [3.63, 3.8) is 0 Å². The second-order valence-electron chi connectivity index (χ2n) is 12.4. The smallest absolute Gasteiger partial charge is 0.327 e. The van der Waals surface area contributed by atoms with Crippen LogP contribution in [0.2, 0.25) is 0 Å². The second kappa shape index (κ2) is 25.0. The molecule has 5 atom stereocenters. The van der Waals surface area contributed by atoms with E-state index in [1.165, 1.54) is 12.1 Å². The van der Waals surface area contributed by atoms with Crippen LogP contribution in [0, 0.1) is 0 Å². The Morgan fingerprint density at radius 3 is 1.64 bits per heavy atom. The number of amides is 7. The molecule has 310 valence electrons. The second-order valence-corrected chi connectivity index (χ2v) is 12.8. The van der Waals surface area contributed by atoms with Crippen molar-refractivity contribution < 1.29 is 73.5 Å². The Morgan fingerprint density at radius 1 is 0.589 bits per heavy atom. The van der Waals surface area contributed by atoms with Crippen LogP contribution < -0.4 is 37.2 Å². The minimum Gasteiger partial charge on any atom is -0.481 e. The summed E-state index contributed by atoms with van der Waals surface area (Å²) in [6, 6.07) is -1.74. The Kier molecular flexibility index (Phi) is 21.4. The molecular weight excluding hydrogens is 766 g/mol.